The van der Waals surface area contributed by atoms with Gasteiger partial charge >= 0.3 is 0 Å². The van der Waals surface area contributed by atoms with Crippen molar-refractivity contribution in [3.8, 4) is 16.9 Å². The third kappa shape index (κ3) is 14.4. The SMILES string of the molecule is CCOCCOCCOCCOCCC(=O)NCCNC(=O)CCc1cc(-c2ccc(C)cc2)n(-c2ccc(SOON)cc2)n1. The number of aromatic nitrogens is 2. The third-order valence-corrected chi connectivity index (χ3v) is 7.14. The average Bonchev–Trinajstić information content (AvgIpc) is 3.50. The first kappa shape index (κ1) is 37.1. The van der Waals surface area contributed by atoms with Crippen LogP contribution in [0.25, 0.3) is 16.9 Å². The Morgan fingerprint density at radius 1 is 0.804 bits per heavy atom. The van der Waals surface area contributed by atoms with Gasteiger partial charge in [0.15, 0.2) is 0 Å². The minimum atomic E-state index is -0.140. The molecule has 2 aromatic carbocycles. The van der Waals surface area contributed by atoms with Gasteiger partial charge in [0, 0.05) is 49.4 Å². The van der Waals surface area contributed by atoms with Crippen LogP contribution in [-0.4, -0.2) is 87.5 Å². The molecule has 0 fully saturated rings. The molecule has 0 radical (unpaired) electrons. The molecule has 252 valence electrons. The maximum absolute atomic E-state index is 12.5. The summed E-state index contributed by atoms with van der Waals surface area (Å²) < 4.78 is 28.0. The molecule has 0 spiro atoms. The van der Waals surface area contributed by atoms with Crippen LogP contribution in [0.1, 0.15) is 31.0 Å². The van der Waals surface area contributed by atoms with Crippen LogP contribution in [-0.2, 0) is 44.3 Å². The zero-order valence-corrected chi connectivity index (χ0v) is 27.4. The number of nitrogens with one attached hydrogen (secondary N) is 2. The largest absolute Gasteiger partial charge is 0.379 e. The van der Waals surface area contributed by atoms with Gasteiger partial charge in [-0.2, -0.15) is 11.0 Å². The molecule has 2 amide bonds. The van der Waals surface area contributed by atoms with Gasteiger partial charge in [0.2, 0.25) is 11.8 Å². The van der Waals surface area contributed by atoms with Gasteiger partial charge in [-0.25, -0.2) is 4.68 Å². The number of carbonyl (C=O) groups excluding carboxylic acids is 2. The summed E-state index contributed by atoms with van der Waals surface area (Å²) in [7, 11) is 0. The van der Waals surface area contributed by atoms with Crippen LogP contribution in [0.5, 0.6) is 0 Å². The first-order valence-electron chi connectivity index (χ1n) is 15.3. The Morgan fingerprint density at radius 3 is 2.00 bits per heavy atom. The molecular weight excluding hydrogens is 614 g/mol. The van der Waals surface area contributed by atoms with E-state index in [0.717, 1.165) is 45.1 Å². The summed E-state index contributed by atoms with van der Waals surface area (Å²) in [5, 5.41) is 10.4. The van der Waals surface area contributed by atoms with Crippen LogP contribution in [0, 0.1) is 6.92 Å². The van der Waals surface area contributed by atoms with E-state index in [1.54, 1.807) is 0 Å². The van der Waals surface area contributed by atoms with E-state index in [9.17, 15) is 9.59 Å². The molecule has 0 bridgehead atoms. The summed E-state index contributed by atoms with van der Waals surface area (Å²) in [6, 6.07) is 17.8. The van der Waals surface area contributed by atoms with E-state index in [1.807, 2.05) is 48.9 Å². The second-order valence-electron chi connectivity index (χ2n) is 10.0. The van der Waals surface area contributed by atoms with Crippen LogP contribution in [0.2, 0.25) is 0 Å². The number of hydrogen-bond acceptors (Lipinski definition) is 11. The lowest BCUT2D eigenvalue weighted by Gasteiger charge is -2.09. The molecule has 0 aliphatic carbocycles. The smallest absolute Gasteiger partial charge is 0.222 e. The van der Waals surface area contributed by atoms with Gasteiger partial charge in [-0.3, -0.25) is 9.59 Å². The minimum absolute atomic E-state index is 0.118. The first-order valence-corrected chi connectivity index (χ1v) is 16.0. The molecule has 3 aromatic rings. The lowest BCUT2D eigenvalue weighted by Crippen LogP contribution is -2.35. The monoisotopic (exact) mass is 659 g/mol. The topological polar surface area (TPSA) is 157 Å². The Bertz CT molecular complexity index is 1290. The number of ether oxygens (including phenoxy) is 4. The molecule has 0 saturated heterocycles. The average molecular weight is 660 g/mol. The molecule has 0 aliphatic rings. The number of benzene rings is 2. The number of carbonyl (C=O) groups is 2. The molecule has 1 heterocycles. The van der Waals surface area contributed by atoms with Crippen molar-refractivity contribution in [1.82, 2.24) is 20.4 Å². The van der Waals surface area contributed by atoms with Crippen LogP contribution >= 0.6 is 12.0 Å². The number of amides is 2. The lowest BCUT2D eigenvalue weighted by atomic mass is 10.1. The zero-order chi connectivity index (χ0) is 32.8. The fourth-order valence-corrected chi connectivity index (χ4v) is 4.54. The van der Waals surface area contributed by atoms with Gasteiger partial charge in [-0.05, 0) is 44.2 Å². The summed E-state index contributed by atoms with van der Waals surface area (Å²) in [4.78, 5) is 29.5. The highest BCUT2D eigenvalue weighted by Gasteiger charge is 2.14. The van der Waals surface area contributed by atoms with Gasteiger partial charge in [0.05, 0.1) is 75.4 Å². The Hall–Kier alpha value is -3.34. The highest BCUT2D eigenvalue weighted by Crippen LogP contribution is 2.27. The van der Waals surface area contributed by atoms with E-state index < -0.39 is 0 Å². The normalized spacial score (nSPS) is 11.1. The number of nitrogens with two attached hydrogens (primary N) is 1. The molecular formula is C32H45N5O8S. The number of nitrogens with zero attached hydrogens (tertiary/aromatic N) is 2. The Balaban J connectivity index is 1.34. The predicted octanol–water partition coefficient (Wildman–Crippen LogP) is 3.32. The number of rotatable bonds is 24. The minimum Gasteiger partial charge on any atom is -0.379 e. The Kier molecular flexibility index (Phi) is 17.9. The molecule has 1 aromatic heterocycles. The predicted molar refractivity (Wildman–Crippen MR) is 174 cm³/mol. The quantitative estimate of drug-likeness (QED) is 0.0561. The summed E-state index contributed by atoms with van der Waals surface area (Å²) in [6.45, 7) is 8.58. The molecule has 13 nitrogen and oxygen atoms in total. The Labute approximate surface area is 274 Å². The van der Waals surface area contributed by atoms with Crippen LogP contribution in [0.3, 0.4) is 0 Å². The van der Waals surface area contributed by atoms with Crippen LogP contribution < -0.4 is 16.5 Å². The molecule has 3 rings (SSSR count). The van der Waals surface area contributed by atoms with Crippen molar-refractivity contribution < 1.29 is 37.9 Å². The van der Waals surface area contributed by atoms with Crippen molar-refractivity contribution in [2.24, 2.45) is 5.90 Å². The lowest BCUT2D eigenvalue weighted by molar-refractivity contribution is -0.195. The third-order valence-electron chi connectivity index (χ3n) is 6.53. The summed E-state index contributed by atoms with van der Waals surface area (Å²) in [6.07, 6.45) is 0.958. The highest BCUT2D eigenvalue weighted by atomic mass is 32.2. The fraction of sp³-hybridized carbons (Fsp3) is 0.469. The van der Waals surface area contributed by atoms with Crippen molar-refractivity contribution >= 4 is 23.9 Å². The first-order chi connectivity index (χ1) is 22.5. The van der Waals surface area contributed by atoms with Gasteiger partial charge < -0.3 is 29.6 Å². The van der Waals surface area contributed by atoms with Crippen molar-refractivity contribution in [3.63, 3.8) is 0 Å². The van der Waals surface area contributed by atoms with Crippen molar-refractivity contribution in [2.45, 2.75) is 38.0 Å². The fourth-order valence-electron chi connectivity index (χ4n) is 4.17. The summed E-state index contributed by atoms with van der Waals surface area (Å²) in [5.74, 6) is 4.67. The second kappa shape index (κ2) is 22.2. The molecule has 46 heavy (non-hydrogen) atoms. The van der Waals surface area contributed by atoms with E-state index in [4.69, 9.17) is 34.3 Å². The number of hydrogen-bond donors (Lipinski definition) is 3. The molecule has 0 saturated carbocycles. The van der Waals surface area contributed by atoms with E-state index >= 15 is 0 Å². The summed E-state index contributed by atoms with van der Waals surface area (Å²) in [5.41, 5.74) is 4.72. The van der Waals surface area contributed by atoms with E-state index in [0.29, 0.717) is 72.4 Å². The molecule has 0 aliphatic heterocycles. The molecule has 14 heteroatoms. The Morgan fingerprint density at radius 2 is 1.39 bits per heavy atom. The molecule has 4 N–H and O–H groups in total. The molecule has 0 unspecified atom stereocenters. The van der Waals surface area contributed by atoms with E-state index in [-0.39, 0.29) is 24.7 Å². The van der Waals surface area contributed by atoms with Crippen LogP contribution in [0.15, 0.2) is 59.5 Å². The van der Waals surface area contributed by atoms with Crippen molar-refractivity contribution in [1.29, 1.82) is 0 Å². The molecule has 0 atom stereocenters. The van der Waals surface area contributed by atoms with Crippen molar-refractivity contribution in [2.75, 3.05) is 65.9 Å². The van der Waals surface area contributed by atoms with Gasteiger partial charge in [-0.15, -0.1) is 9.32 Å². The second-order valence-corrected chi connectivity index (χ2v) is 10.8. The van der Waals surface area contributed by atoms with Crippen LogP contribution in [0.4, 0.5) is 0 Å². The van der Waals surface area contributed by atoms with Gasteiger partial charge in [0.25, 0.3) is 0 Å². The van der Waals surface area contributed by atoms with E-state index in [1.165, 1.54) is 0 Å². The van der Waals surface area contributed by atoms with Crippen molar-refractivity contribution in [3.05, 3.63) is 65.9 Å². The highest BCUT2D eigenvalue weighted by molar-refractivity contribution is 7.94. The van der Waals surface area contributed by atoms with Gasteiger partial charge in [0.1, 0.15) is 0 Å². The zero-order valence-electron chi connectivity index (χ0n) is 26.5. The summed E-state index contributed by atoms with van der Waals surface area (Å²) >= 11 is 1.00. The standard InChI is InChI=1S/C32H45N5O8S/c1-3-40-18-19-42-22-23-43-21-20-41-17-14-32(39)35-16-15-34-31(38)13-8-27-24-30(26-6-4-25(2)5-7-26)37(36-27)28-9-11-29(12-10-28)46-45-44-33/h4-7,9-12,24H,3,8,13-23,33H2,1-2H3,(H,34,38)(H,35,39). The maximum Gasteiger partial charge on any atom is 0.222 e. The van der Waals surface area contributed by atoms with E-state index in [2.05, 4.69) is 39.9 Å². The number of aryl methyl sites for hydroxylation is 2. The van der Waals surface area contributed by atoms with Gasteiger partial charge in [-0.1, -0.05) is 29.8 Å². The maximum atomic E-state index is 12.5.